The lowest BCUT2D eigenvalue weighted by molar-refractivity contribution is -0.328. The van der Waals surface area contributed by atoms with Crippen molar-refractivity contribution in [2.45, 2.75) is 114 Å². The molecule has 1 aromatic rings. The Morgan fingerprint density at radius 3 is 2.14 bits per heavy atom. The van der Waals surface area contributed by atoms with Gasteiger partial charge in [-0.15, -0.1) is 11.8 Å². The molecule has 0 spiro atoms. The van der Waals surface area contributed by atoms with E-state index in [0.29, 0.717) is 6.54 Å². The predicted molar refractivity (Wildman–Crippen MR) is 139 cm³/mol. The van der Waals surface area contributed by atoms with Crippen LogP contribution in [0.3, 0.4) is 0 Å². The fourth-order valence-corrected chi connectivity index (χ4v) is 4.45. The van der Waals surface area contributed by atoms with Crippen molar-refractivity contribution >= 4 is 0 Å². The van der Waals surface area contributed by atoms with Gasteiger partial charge in [0.2, 0.25) is 0 Å². The Morgan fingerprint density at radius 2 is 1.53 bits per heavy atom. The van der Waals surface area contributed by atoms with Crippen LogP contribution in [-0.4, -0.2) is 81.4 Å². The Hall–Kier alpha value is -1.57. The van der Waals surface area contributed by atoms with E-state index >= 15 is 0 Å². The van der Waals surface area contributed by atoms with E-state index in [9.17, 15) is 20.4 Å². The van der Waals surface area contributed by atoms with Crippen LogP contribution in [0.5, 0.6) is 0 Å². The van der Waals surface area contributed by atoms with Gasteiger partial charge in [-0.25, -0.2) is 0 Å². The van der Waals surface area contributed by atoms with Crippen LogP contribution in [-0.2, 0) is 16.0 Å². The monoisotopic (exact) mass is 506 g/mol. The van der Waals surface area contributed by atoms with E-state index in [1.54, 1.807) is 0 Å². The fraction of sp³-hybridized carbons (Fsp3) is 0.750. The lowest BCUT2D eigenvalue weighted by atomic mass is 9.98. The third kappa shape index (κ3) is 11.2. The van der Waals surface area contributed by atoms with Crippen LogP contribution >= 0.6 is 0 Å². The first kappa shape index (κ1) is 30.7. The molecule has 204 valence electrons. The van der Waals surface area contributed by atoms with Crippen molar-refractivity contribution in [3.8, 4) is 11.8 Å². The standard InChI is InChI=1S/C28H46N2O6/c1-35-30(28-27(34)26(33)25(32)24(22-31)36-28)20-15-13-11-9-7-5-3-2-4-6-8-10-12-14-17-23-18-16-19-29-21-23/h16,18-19,21,24-28,31-34H,2-5,7,9-15,17,20,22H2,1H3/t24?,25-,26+,27?,28-/m1/s1. The second kappa shape index (κ2) is 18.6. The van der Waals surface area contributed by atoms with E-state index in [1.807, 2.05) is 18.5 Å². The normalized spacial score (nSPS) is 24.0. The summed E-state index contributed by atoms with van der Waals surface area (Å²) in [6.45, 7) is 0.0837. The number of hydrogen-bond donors (Lipinski definition) is 4. The smallest absolute Gasteiger partial charge is 0.162 e. The van der Waals surface area contributed by atoms with Crippen molar-refractivity contribution in [1.29, 1.82) is 0 Å². The van der Waals surface area contributed by atoms with Gasteiger partial charge in [-0.05, 0) is 43.7 Å². The molecule has 1 saturated heterocycles. The van der Waals surface area contributed by atoms with Crippen molar-refractivity contribution in [1.82, 2.24) is 10.0 Å². The maximum absolute atomic E-state index is 10.2. The van der Waals surface area contributed by atoms with Gasteiger partial charge < -0.3 is 25.2 Å². The SMILES string of the molecule is CON(CCCCCCCCCCC#CCCCCc1cccnc1)[C@@H]1OC(CO)[C@@H](O)[C@H](O)C1O. The van der Waals surface area contributed by atoms with E-state index in [4.69, 9.17) is 9.57 Å². The number of aliphatic hydroxyl groups is 4. The van der Waals surface area contributed by atoms with Gasteiger partial charge in [-0.2, -0.15) is 5.06 Å². The Bertz CT molecular complexity index is 739. The molecule has 0 radical (unpaired) electrons. The van der Waals surface area contributed by atoms with E-state index in [2.05, 4.69) is 22.9 Å². The summed E-state index contributed by atoms with van der Waals surface area (Å²) in [5.74, 6) is 6.61. The number of hydroxylamine groups is 2. The molecule has 1 aliphatic heterocycles. The third-order valence-electron chi connectivity index (χ3n) is 6.68. The van der Waals surface area contributed by atoms with Gasteiger partial charge in [-0.3, -0.25) is 9.82 Å². The third-order valence-corrected chi connectivity index (χ3v) is 6.68. The summed E-state index contributed by atoms with van der Waals surface area (Å²) in [5, 5.41) is 40.9. The van der Waals surface area contributed by atoms with E-state index < -0.39 is 37.3 Å². The Labute approximate surface area is 216 Å². The van der Waals surface area contributed by atoms with Crippen molar-refractivity contribution in [2.75, 3.05) is 20.3 Å². The number of unbranched alkanes of at least 4 members (excludes halogenated alkanes) is 10. The van der Waals surface area contributed by atoms with Gasteiger partial charge in [0.25, 0.3) is 0 Å². The molecule has 1 fully saturated rings. The molecule has 2 heterocycles. The first-order valence-corrected chi connectivity index (χ1v) is 13.5. The molecule has 0 aliphatic carbocycles. The molecule has 5 atom stereocenters. The molecular weight excluding hydrogens is 460 g/mol. The van der Waals surface area contributed by atoms with E-state index in [-0.39, 0.29) is 0 Å². The number of hydrogen-bond acceptors (Lipinski definition) is 8. The highest BCUT2D eigenvalue weighted by molar-refractivity contribution is 5.08. The Kier molecular flexibility index (Phi) is 15.9. The summed E-state index contributed by atoms with van der Waals surface area (Å²) >= 11 is 0. The maximum atomic E-state index is 10.2. The lowest BCUT2D eigenvalue weighted by Crippen LogP contribution is -2.63. The van der Waals surface area contributed by atoms with Crippen LogP contribution in [0.4, 0.5) is 0 Å². The molecule has 1 aromatic heterocycles. The minimum Gasteiger partial charge on any atom is -0.394 e. The highest BCUT2D eigenvalue weighted by atomic mass is 16.7. The van der Waals surface area contributed by atoms with Crippen molar-refractivity contribution < 1.29 is 30.0 Å². The topological polar surface area (TPSA) is 116 Å². The van der Waals surface area contributed by atoms with E-state index in [1.165, 1.54) is 49.8 Å². The zero-order valence-corrected chi connectivity index (χ0v) is 21.8. The summed E-state index contributed by atoms with van der Waals surface area (Å²) in [6.07, 6.45) is 12.3. The Morgan fingerprint density at radius 1 is 0.889 bits per heavy atom. The number of aromatic nitrogens is 1. The summed E-state index contributed by atoms with van der Waals surface area (Å²) < 4.78 is 5.55. The maximum Gasteiger partial charge on any atom is 0.162 e. The lowest BCUT2D eigenvalue weighted by Gasteiger charge is -2.43. The van der Waals surface area contributed by atoms with Gasteiger partial charge in [0, 0.05) is 31.8 Å². The van der Waals surface area contributed by atoms with E-state index in [0.717, 1.165) is 51.4 Å². The van der Waals surface area contributed by atoms with Gasteiger partial charge in [0.15, 0.2) is 6.23 Å². The van der Waals surface area contributed by atoms with Crippen LogP contribution in [0.1, 0.15) is 82.6 Å². The van der Waals surface area contributed by atoms with Crippen LogP contribution < -0.4 is 0 Å². The first-order valence-electron chi connectivity index (χ1n) is 13.5. The van der Waals surface area contributed by atoms with Gasteiger partial charge in [-0.1, -0.05) is 44.6 Å². The second-order valence-electron chi connectivity index (χ2n) is 9.54. The second-order valence-corrected chi connectivity index (χ2v) is 9.54. The van der Waals surface area contributed by atoms with Crippen LogP contribution in [0.15, 0.2) is 24.5 Å². The number of aliphatic hydroxyl groups excluding tert-OH is 4. The molecule has 8 heteroatoms. The molecule has 0 amide bonds. The zero-order valence-electron chi connectivity index (χ0n) is 21.8. The number of nitrogens with zero attached hydrogens (tertiary/aromatic N) is 2. The number of pyridine rings is 1. The number of rotatable bonds is 17. The molecule has 36 heavy (non-hydrogen) atoms. The van der Waals surface area contributed by atoms with Gasteiger partial charge in [0.1, 0.15) is 24.4 Å². The average molecular weight is 507 g/mol. The Balaban J connectivity index is 1.43. The molecule has 4 N–H and O–H groups in total. The summed E-state index contributed by atoms with van der Waals surface area (Å²) in [4.78, 5) is 9.48. The molecule has 0 saturated carbocycles. The van der Waals surface area contributed by atoms with Crippen molar-refractivity contribution in [2.24, 2.45) is 0 Å². The molecule has 1 aliphatic rings. The highest BCUT2D eigenvalue weighted by Crippen LogP contribution is 2.24. The van der Waals surface area contributed by atoms with Crippen molar-refractivity contribution in [3.05, 3.63) is 30.1 Å². The predicted octanol–water partition coefficient (Wildman–Crippen LogP) is 2.97. The number of ether oxygens (including phenoxy) is 1. The minimum absolute atomic E-state index is 0.445. The molecule has 2 rings (SSSR count). The van der Waals surface area contributed by atoms with Crippen LogP contribution in [0.25, 0.3) is 0 Å². The fourth-order valence-electron chi connectivity index (χ4n) is 4.45. The van der Waals surface area contributed by atoms with Gasteiger partial charge in [0.05, 0.1) is 13.7 Å². The summed E-state index contributed by atoms with van der Waals surface area (Å²) in [7, 11) is 1.48. The quantitative estimate of drug-likeness (QED) is 0.145. The first-order chi connectivity index (χ1) is 17.6. The van der Waals surface area contributed by atoms with Gasteiger partial charge >= 0.3 is 0 Å². The number of aryl methyl sites for hydroxylation is 1. The van der Waals surface area contributed by atoms with Crippen LogP contribution in [0.2, 0.25) is 0 Å². The summed E-state index contributed by atoms with van der Waals surface area (Å²) in [6, 6.07) is 4.11. The molecule has 8 nitrogen and oxygen atoms in total. The summed E-state index contributed by atoms with van der Waals surface area (Å²) in [5.41, 5.74) is 1.30. The zero-order chi connectivity index (χ0) is 26.0. The minimum atomic E-state index is -1.40. The molecule has 2 unspecified atom stereocenters. The highest BCUT2D eigenvalue weighted by Gasteiger charge is 2.45. The molecular formula is C28H46N2O6. The van der Waals surface area contributed by atoms with Crippen molar-refractivity contribution in [3.63, 3.8) is 0 Å². The molecule has 0 bridgehead atoms. The van der Waals surface area contributed by atoms with Crippen LogP contribution in [0, 0.1) is 11.8 Å². The largest absolute Gasteiger partial charge is 0.394 e. The molecule has 0 aromatic carbocycles. The average Bonchev–Trinajstić information content (AvgIpc) is 2.90.